The van der Waals surface area contributed by atoms with Crippen molar-refractivity contribution >= 4 is 17.3 Å². The fourth-order valence-electron chi connectivity index (χ4n) is 1.60. The van der Waals surface area contributed by atoms with Crippen molar-refractivity contribution in [1.29, 1.82) is 0 Å². The Hall–Kier alpha value is -2.37. The van der Waals surface area contributed by atoms with Gasteiger partial charge in [-0.15, -0.1) is 0 Å². The summed E-state index contributed by atoms with van der Waals surface area (Å²) >= 11 is 0. The number of nitrogens with zero attached hydrogens (tertiary/aromatic N) is 2. The fourth-order valence-corrected chi connectivity index (χ4v) is 1.60. The van der Waals surface area contributed by atoms with Crippen LogP contribution in [0.1, 0.15) is 23.0 Å². The van der Waals surface area contributed by atoms with E-state index in [1.54, 1.807) is 18.6 Å². The number of pyridine rings is 1. The monoisotopic (exact) mass is 245 g/mol. The van der Waals surface area contributed by atoms with Crippen molar-refractivity contribution in [3.63, 3.8) is 0 Å². The Labute approximate surface area is 105 Å². The number of amides is 1. The minimum atomic E-state index is -0.208. The van der Waals surface area contributed by atoms with Gasteiger partial charge in [-0.25, -0.2) is 0 Å². The van der Waals surface area contributed by atoms with E-state index in [4.69, 9.17) is 0 Å². The third kappa shape index (κ3) is 2.65. The van der Waals surface area contributed by atoms with Crippen LogP contribution in [0, 0.1) is 6.92 Å². The summed E-state index contributed by atoms with van der Waals surface area (Å²) in [6.45, 7) is 4.61. The van der Waals surface area contributed by atoms with Gasteiger partial charge in [-0.3, -0.25) is 14.9 Å². The second kappa shape index (κ2) is 5.31. The predicted octanol–water partition coefficient (Wildman–Crippen LogP) is 1.80. The van der Waals surface area contributed by atoms with Gasteiger partial charge in [0.1, 0.15) is 0 Å². The first-order chi connectivity index (χ1) is 8.70. The Kier molecular flexibility index (Phi) is 3.57. The molecule has 0 aliphatic heterocycles. The molecule has 6 nitrogen and oxygen atoms in total. The average molecular weight is 245 g/mol. The number of carbonyl (C=O) groups excluding carboxylic acids is 1. The maximum atomic E-state index is 12.1. The molecule has 0 bridgehead atoms. The number of aromatic nitrogens is 3. The zero-order valence-electron chi connectivity index (χ0n) is 10.3. The molecule has 0 atom stereocenters. The molecule has 2 heterocycles. The number of anilines is 2. The molecule has 3 N–H and O–H groups in total. The van der Waals surface area contributed by atoms with Crippen molar-refractivity contribution in [2.45, 2.75) is 13.8 Å². The first-order valence-electron chi connectivity index (χ1n) is 5.71. The van der Waals surface area contributed by atoms with Crippen LogP contribution in [0.15, 0.2) is 24.7 Å². The molecule has 0 aliphatic rings. The second-order valence-electron chi connectivity index (χ2n) is 3.84. The van der Waals surface area contributed by atoms with Crippen molar-refractivity contribution in [1.82, 2.24) is 15.2 Å². The van der Waals surface area contributed by atoms with Crippen molar-refractivity contribution in [3.8, 4) is 0 Å². The molecule has 94 valence electrons. The molecule has 0 spiro atoms. The van der Waals surface area contributed by atoms with Crippen LogP contribution >= 0.6 is 0 Å². The summed E-state index contributed by atoms with van der Waals surface area (Å²) in [6.07, 6.45) is 4.74. The minimum Gasteiger partial charge on any atom is -0.385 e. The normalized spacial score (nSPS) is 10.1. The van der Waals surface area contributed by atoms with E-state index < -0.39 is 0 Å². The lowest BCUT2D eigenvalue weighted by Gasteiger charge is -2.10. The molecular weight excluding hydrogens is 230 g/mol. The van der Waals surface area contributed by atoms with Crippen LogP contribution in [-0.2, 0) is 0 Å². The van der Waals surface area contributed by atoms with Crippen LogP contribution in [0.25, 0.3) is 0 Å². The molecule has 0 radical (unpaired) electrons. The average Bonchev–Trinajstić information content (AvgIpc) is 2.82. The van der Waals surface area contributed by atoms with E-state index in [2.05, 4.69) is 25.8 Å². The summed E-state index contributed by atoms with van der Waals surface area (Å²) in [5.41, 5.74) is 2.79. The lowest BCUT2D eigenvalue weighted by atomic mass is 10.2. The molecule has 0 aliphatic carbocycles. The molecular formula is C12H15N5O. The number of aromatic amines is 1. The van der Waals surface area contributed by atoms with Crippen LogP contribution in [0.4, 0.5) is 11.4 Å². The van der Waals surface area contributed by atoms with Gasteiger partial charge in [-0.2, -0.15) is 5.10 Å². The van der Waals surface area contributed by atoms with Crippen molar-refractivity contribution < 1.29 is 4.79 Å². The summed E-state index contributed by atoms with van der Waals surface area (Å²) in [6, 6.07) is 1.85. The smallest absolute Gasteiger partial charge is 0.259 e. The first-order valence-corrected chi connectivity index (χ1v) is 5.71. The van der Waals surface area contributed by atoms with Gasteiger partial charge in [0, 0.05) is 24.6 Å². The number of H-pyrrole nitrogens is 1. The lowest BCUT2D eigenvalue weighted by Crippen LogP contribution is -2.15. The third-order valence-corrected chi connectivity index (χ3v) is 2.41. The number of hydrogen-bond acceptors (Lipinski definition) is 4. The minimum absolute atomic E-state index is 0.208. The predicted molar refractivity (Wildman–Crippen MR) is 69.7 cm³/mol. The van der Waals surface area contributed by atoms with Gasteiger partial charge in [-0.05, 0) is 19.9 Å². The standard InChI is InChI=1S/C12H15N5O/c1-3-13-11-4-8(2)14-7-10(11)12(18)17-9-5-15-16-6-9/h4-7H,3H2,1-2H3,(H,13,14)(H,15,16)(H,17,18). The van der Waals surface area contributed by atoms with Gasteiger partial charge in [0.05, 0.1) is 23.1 Å². The van der Waals surface area contributed by atoms with E-state index in [1.165, 1.54) is 0 Å². The van der Waals surface area contributed by atoms with E-state index in [1.807, 2.05) is 19.9 Å². The number of rotatable bonds is 4. The SMILES string of the molecule is CCNc1cc(C)ncc1C(=O)Nc1cn[nH]c1. The maximum absolute atomic E-state index is 12.1. The highest BCUT2D eigenvalue weighted by Crippen LogP contribution is 2.17. The van der Waals surface area contributed by atoms with Crippen LogP contribution in [0.2, 0.25) is 0 Å². The number of aryl methyl sites for hydroxylation is 1. The molecule has 2 aromatic heterocycles. The summed E-state index contributed by atoms with van der Waals surface area (Å²) in [5.74, 6) is -0.208. The number of hydrogen-bond donors (Lipinski definition) is 3. The number of nitrogens with one attached hydrogen (secondary N) is 3. The van der Waals surface area contributed by atoms with Crippen LogP contribution in [-0.4, -0.2) is 27.6 Å². The lowest BCUT2D eigenvalue weighted by molar-refractivity contribution is 0.102. The topological polar surface area (TPSA) is 82.7 Å². The van der Waals surface area contributed by atoms with Gasteiger partial charge in [0.15, 0.2) is 0 Å². The summed E-state index contributed by atoms with van der Waals surface area (Å²) in [7, 11) is 0. The summed E-state index contributed by atoms with van der Waals surface area (Å²) in [4.78, 5) is 16.2. The second-order valence-corrected chi connectivity index (χ2v) is 3.84. The third-order valence-electron chi connectivity index (χ3n) is 2.41. The van der Waals surface area contributed by atoms with Crippen molar-refractivity contribution in [2.24, 2.45) is 0 Å². The molecule has 0 fully saturated rings. The molecule has 2 rings (SSSR count). The summed E-state index contributed by atoms with van der Waals surface area (Å²) < 4.78 is 0. The first kappa shape index (κ1) is 12.1. The van der Waals surface area contributed by atoms with Crippen molar-refractivity contribution in [3.05, 3.63) is 35.9 Å². The largest absolute Gasteiger partial charge is 0.385 e. The van der Waals surface area contributed by atoms with E-state index in [0.717, 1.165) is 17.9 Å². The van der Waals surface area contributed by atoms with Crippen molar-refractivity contribution in [2.75, 3.05) is 17.2 Å². The zero-order valence-corrected chi connectivity index (χ0v) is 10.3. The highest BCUT2D eigenvalue weighted by Gasteiger charge is 2.12. The maximum Gasteiger partial charge on any atom is 0.259 e. The molecule has 2 aromatic rings. The highest BCUT2D eigenvalue weighted by molar-refractivity contribution is 6.07. The summed E-state index contributed by atoms with van der Waals surface area (Å²) in [5, 5.41) is 12.3. The Morgan fingerprint density at radius 3 is 2.94 bits per heavy atom. The Bertz CT molecular complexity index is 535. The zero-order chi connectivity index (χ0) is 13.0. The van der Waals surface area contributed by atoms with Gasteiger partial charge >= 0.3 is 0 Å². The van der Waals surface area contributed by atoms with Gasteiger partial charge in [0.25, 0.3) is 5.91 Å². The fraction of sp³-hybridized carbons (Fsp3) is 0.250. The number of carbonyl (C=O) groups is 1. The molecule has 1 amide bonds. The Morgan fingerprint density at radius 2 is 2.28 bits per heavy atom. The molecule has 0 unspecified atom stereocenters. The Morgan fingerprint density at radius 1 is 1.44 bits per heavy atom. The van der Waals surface area contributed by atoms with Crippen LogP contribution < -0.4 is 10.6 Å². The molecule has 0 aromatic carbocycles. The van der Waals surface area contributed by atoms with E-state index >= 15 is 0 Å². The van der Waals surface area contributed by atoms with Crippen LogP contribution in [0.5, 0.6) is 0 Å². The van der Waals surface area contributed by atoms with Gasteiger partial charge < -0.3 is 10.6 Å². The van der Waals surface area contributed by atoms with Gasteiger partial charge in [-0.1, -0.05) is 0 Å². The van der Waals surface area contributed by atoms with E-state index in [9.17, 15) is 4.79 Å². The van der Waals surface area contributed by atoms with E-state index in [0.29, 0.717) is 11.3 Å². The molecule has 0 saturated heterocycles. The quantitative estimate of drug-likeness (QED) is 0.767. The molecule has 18 heavy (non-hydrogen) atoms. The van der Waals surface area contributed by atoms with Gasteiger partial charge in [0.2, 0.25) is 0 Å². The van der Waals surface area contributed by atoms with E-state index in [-0.39, 0.29) is 5.91 Å². The Balaban J connectivity index is 2.23. The highest BCUT2D eigenvalue weighted by atomic mass is 16.1. The molecule has 6 heteroatoms. The molecule has 0 saturated carbocycles. The van der Waals surface area contributed by atoms with Crippen LogP contribution in [0.3, 0.4) is 0 Å².